The lowest BCUT2D eigenvalue weighted by Crippen LogP contribution is -2.18. The second-order valence-corrected chi connectivity index (χ2v) is 5.78. The van der Waals surface area contributed by atoms with Crippen LogP contribution in [0, 0.1) is 0 Å². The van der Waals surface area contributed by atoms with E-state index >= 15 is 0 Å². The molecule has 0 aliphatic carbocycles. The molecule has 2 rings (SSSR count). The van der Waals surface area contributed by atoms with Crippen molar-refractivity contribution in [3.63, 3.8) is 0 Å². The maximum atomic E-state index is 12.4. The number of nitrogens with zero attached hydrogens (tertiary/aromatic N) is 3. The lowest BCUT2D eigenvalue weighted by molar-refractivity contribution is 0.0994. The first-order valence-corrected chi connectivity index (χ1v) is 7.49. The van der Waals surface area contributed by atoms with Crippen molar-refractivity contribution in [3.05, 3.63) is 35.7 Å². The average molecular weight is 306 g/mol. The number of aromatic nitrogens is 3. The van der Waals surface area contributed by atoms with Crippen LogP contribution < -0.4 is 10.6 Å². The zero-order valence-electron chi connectivity index (χ0n) is 12.2. The fourth-order valence-electron chi connectivity index (χ4n) is 1.83. The number of nitrogen functional groups attached to an aromatic ring is 1. The van der Waals surface area contributed by atoms with Gasteiger partial charge in [-0.05, 0) is 31.2 Å². The van der Waals surface area contributed by atoms with Crippen molar-refractivity contribution >= 4 is 17.5 Å². The molecule has 1 atom stereocenters. The van der Waals surface area contributed by atoms with Crippen LogP contribution >= 0.6 is 11.8 Å². The number of benzene rings is 1. The van der Waals surface area contributed by atoms with E-state index < -0.39 is 0 Å². The Bertz CT molecular complexity index is 624. The van der Waals surface area contributed by atoms with Gasteiger partial charge < -0.3 is 10.6 Å². The summed E-state index contributed by atoms with van der Waals surface area (Å²) >= 11 is 1.30. The summed E-state index contributed by atoms with van der Waals surface area (Å²) in [6, 6.07) is 7.04. The van der Waals surface area contributed by atoms with Crippen LogP contribution in [0.5, 0.6) is 5.75 Å². The minimum Gasteiger partial charge on any atom is -0.497 e. The van der Waals surface area contributed by atoms with Crippen molar-refractivity contribution in [2.24, 2.45) is 0 Å². The van der Waals surface area contributed by atoms with Gasteiger partial charge in [-0.1, -0.05) is 18.7 Å². The molecule has 0 bridgehead atoms. The van der Waals surface area contributed by atoms with Gasteiger partial charge in [0.15, 0.2) is 11.6 Å². The fraction of sp³-hybridized carbons (Fsp3) is 0.357. The molecule has 2 aromatic rings. The smallest absolute Gasteiger partial charge is 0.210 e. The van der Waals surface area contributed by atoms with Crippen molar-refractivity contribution in [3.8, 4) is 5.75 Å². The highest BCUT2D eigenvalue weighted by Crippen LogP contribution is 2.24. The Labute approximate surface area is 127 Å². The minimum atomic E-state index is -0.297. The number of hydrogen-bond donors (Lipinski definition) is 1. The van der Waals surface area contributed by atoms with Gasteiger partial charge in [0.2, 0.25) is 5.16 Å². The highest BCUT2D eigenvalue weighted by molar-refractivity contribution is 8.00. The van der Waals surface area contributed by atoms with Gasteiger partial charge in [0.25, 0.3) is 0 Å². The average Bonchev–Trinajstić information content (AvgIpc) is 2.87. The van der Waals surface area contributed by atoms with Crippen LogP contribution in [0.3, 0.4) is 0 Å². The molecular weight excluding hydrogens is 288 g/mol. The summed E-state index contributed by atoms with van der Waals surface area (Å²) in [6.45, 7) is 3.78. The number of methoxy groups -OCH3 is 1. The summed E-state index contributed by atoms with van der Waals surface area (Å²) in [5, 5.41) is 8.24. The summed E-state index contributed by atoms with van der Waals surface area (Å²) in [5.74, 6) is 7.32. The molecule has 0 aliphatic rings. The SMILES string of the molecule is CCc1nnc(S[C@H](C)C(=O)c2ccc(OC)cc2)n1N. The van der Waals surface area contributed by atoms with Crippen LogP contribution in [0.25, 0.3) is 0 Å². The van der Waals surface area contributed by atoms with Gasteiger partial charge in [0, 0.05) is 12.0 Å². The van der Waals surface area contributed by atoms with Crippen LogP contribution in [0.4, 0.5) is 0 Å². The summed E-state index contributed by atoms with van der Waals surface area (Å²) in [7, 11) is 1.59. The molecule has 0 amide bonds. The van der Waals surface area contributed by atoms with E-state index in [4.69, 9.17) is 10.6 Å². The lowest BCUT2D eigenvalue weighted by Gasteiger charge is -2.10. The Morgan fingerprint density at radius 3 is 2.57 bits per heavy atom. The van der Waals surface area contributed by atoms with Gasteiger partial charge in [-0.3, -0.25) is 4.79 Å². The Hall–Kier alpha value is -2.02. The zero-order chi connectivity index (χ0) is 15.4. The second kappa shape index (κ2) is 6.62. The van der Waals surface area contributed by atoms with E-state index in [1.54, 1.807) is 31.4 Å². The number of carbonyl (C=O) groups is 1. The quantitative estimate of drug-likeness (QED) is 0.499. The van der Waals surface area contributed by atoms with Crippen molar-refractivity contribution in [2.45, 2.75) is 30.7 Å². The van der Waals surface area contributed by atoms with Crippen molar-refractivity contribution in [1.29, 1.82) is 0 Å². The Kier molecular flexibility index (Phi) is 4.85. The molecule has 0 unspecified atom stereocenters. The Morgan fingerprint density at radius 2 is 2.05 bits per heavy atom. The number of rotatable bonds is 6. The van der Waals surface area contributed by atoms with Gasteiger partial charge in [-0.15, -0.1) is 10.2 Å². The molecule has 21 heavy (non-hydrogen) atoms. The van der Waals surface area contributed by atoms with Gasteiger partial charge in [0.1, 0.15) is 5.75 Å². The molecule has 0 fully saturated rings. The predicted molar refractivity (Wildman–Crippen MR) is 82.2 cm³/mol. The van der Waals surface area contributed by atoms with Crippen molar-refractivity contribution in [2.75, 3.05) is 13.0 Å². The van der Waals surface area contributed by atoms with Crippen LogP contribution in [0.1, 0.15) is 30.0 Å². The number of carbonyl (C=O) groups excluding carboxylic acids is 1. The monoisotopic (exact) mass is 306 g/mol. The van der Waals surface area contributed by atoms with Crippen LogP contribution in [-0.2, 0) is 6.42 Å². The molecule has 1 heterocycles. The minimum absolute atomic E-state index is 0.0173. The first-order chi connectivity index (χ1) is 10.1. The van der Waals surface area contributed by atoms with Gasteiger partial charge >= 0.3 is 0 Å². The molecule has 0 aliphatic heterocycles. The summed E-state index contributed by atoms with van der Waals surface area (Å²) < 4.78 is 6.51. The van der Waals surface area contributed by atoms with E-state index in [1.165, 1.54) is 16.4 Å². The first-order valence-electron chi connectivity index (χ1n) is 6.61. The van der Waals surface area contributed by atoms with Crippen LogP contribution in [0.2, 0.25) is 0 Å². The maximum absolute atomic E-state index is 12.4. The number of ketones is 1. The largest absolute Gasteiger partial charge is 0.497 e. The summed E-state index contributed by atoms with van der Waals surface area (Å²) in [5.41, 5.74) is 0.634. The molecule has 1 aromatic heterocycles. The Morgan fingerprint density at radius 1 is 1.38 bits per heavy atom. The maximum Gasteiger partial charge on any atom is 0.210 e. The topological polar surface area (TPSA) is 83.0 Å². The van der Waals surface area contributed by atoms with Gasteiger partial charge in [0.05, 0.1) is 12.4 Å². The number of ether oxygens (including phenoxy) is 1. The third kappa shape index (κ3) is 3.36. The zero-order valence-corrected chi connectivity index (χ0v) is 13.1. The number of hydrogen-bond acceptors (Lipinski definition) is 6. The molecule has 2 N–H and O–H groups in total. The normalized spacial score (nSPS) is 12.1. The molecule has 7 heteroatoms. The van der Waals surface area contributed by atoms with E-state index in [-0.39, 0.29) is 11.0 Å². The Balaban J connectivity index is 2.09. The number of thioether (sulfide) groups is 1. The van der Waals surface area contributed by atoms with Crippen LogP contribution in [0.15, 0.2) is 29.4 Å². The standard InChI is InChI=1S/C14H18N4O2S/c1-4-12-16-17-14(18(12)15)21-9(2)13(19)10-5-7-11(20-3)8-6-10/h5-9H,4,15H2,1-3H3/t9-/m1/s1. The van der Waals surface area contributed by atoms with E-state index in [0.29, 0.717) is 23.0 Å². The van der Waals surface area contributed by atoms with Crippen molar-refractivity contribution in [1.82, 2.24) is 14.9 Å². The molecule has 0 saturated heterocycles. The molecule has 0 saturated carbocycles. The lowest BCUT2D eigenvalue weighted by atomic mass is 10.1. The van der Waals surface area contributed by atoms with Gasteiger partial charge in [-0.25, -0.2) is 4.68 Å². The molecule has 1 aromatic carbocycles. The van der Waals surface area contributed by atoms with Gasteiger partial charge in [-0.2, -0.15) is 0 Å². The van der Waals surface area contributed by atoms with E-state index in [2.05, 4.69) is 10.2 Å². The molecule has 6 nitrogen and oxygen atoms in total. The summed E-state index contributed by atoms with van der Waals surface area (Å²) in [6.07, 6.45) is 0.699. The first kappa shape index (κ1) is 15.4. The molecule has 112 valence electrons. The highest BCUT2D eigenvalue weighted by atomic mass is 32.2. The van der Waals surface area contributed by atoms with E-state index in [0.717, 1.165) is 5.75 Å². The predicted octanol–water partition coefficient (Wildman–Crippen LogP) is 1.93. The highest BCUT2D eigenvalue weighted by Gasteiger charge is 2.20. The van der Waals surface area contributed by atoms with E-state index in [1.807, 2.05) is 13.8 Å². The molecular formula is C14H18N4O2S. The molecule has 0 spiro atoms. The third-order valence-corrected chi connectivity index (χ3v) is 4.13. The molecule has 0 radical (unpaired) electrons. The number of Topliss-reactive ketones (excluding diaryl/α,β-unsaturated/α-hetero) is 1. The second-order valence-electron chi connectivity index (χ2n) is 4.48. The number of aryl methyl sites for hydroxylation is 1. The fourth-order valence-corrected chi connectivity index (χ4v) is 2.70. The van der Waals surface area contributed by atoms with Crippen LogP contribution in [-0.4, -0.2) is 33.0 Å². The summed E-state index contributed by atoms with van der Waals surface area (Å²) in [4.78, 5) is 12.4. The van der Waals surface area contributed by atoms with Crippen molar-refractivity contribution < 1.29 is 9.53 Å². The number of nitrogens with two attached hydrogens (primary N) is 1. The third-order valence-electron chi connectivity index (χ3n) is 3.08. The van der Waals surface area contributed by atoms with E-state index in [9.17, 15) is 4.79 Å².